The Bertz CT molecular complexity index is 407. The maximum atomic E-state index is 13.4. The number of rotatable bonds is 3. The van der Waals surface area contributed by atoms with Gasteiger partial charge in [0, 0.05) is 12.1 Å². The molecule has 0 aromatic heterocycles. The van der Waals surface area contributed by atoms with Crippen LogP contribution in [-0.2, 0) is 0 Å². The van der Waals surface area contributed by atoms with E-state index in [2.05, 4.69) is 19.2 Å². The van der Waals surface area contributed by atoms with Crippen LogP contribution in [0, 0.1) is 11.7 Å². The fourth-order valence-corrected chi connectivity index (χ4v) is 2.93. The maximum absolute atomic E-state index is 13.4. The first-order chi connectivity index (χ1) is 8.56. The molecule has 0 amide bonds. The molecule has 0 heterocycles. The quantitative estimate of drug-likeness (QED) is 0.838. The van der Waals surface area contributed by atoms with Crippen molar-refractivity contribution in [2.24, 2.45) is 5.92 Å². The molecule has 0 saturated heterocycles. The van der Waals surface area contributed by atoms with Gasteiger partial charge in [-0.2, -0.15) is 0 Å². The van der Waals surface area contributed by atoms with Gasteiger partial charge in [-0.1, -0.05) is 37.4 Å². The van der Waals surface area contributed by atoms with Gasteiger partial charge in [0.1, 0.15) is 5.82 Å². The Labute approximate surface area is 114 Å². The molecule has 0 spiro atoms. The predicted molar refractivity (Wildman–Crippen MR) is 74.4 cm³/mol. The molecular formula is C15H21ClFN. The third-order valence-electron chi connectivity index (χ3n) is 3.87. The monoisotopic (exact) mass is 269 g/mol. The van der Waals surface area contributed by atoms with Crippen LogP contribution in [-0.4, -0.2) is 6.04 Å². The molecule has 0 aliphatic heterocycles. The third kappa shape index (κ3) is 3.46. The summed E-state index contributed by atoms with van der Waals surface area (Å²) in [6.45, 7) is 4.39. The van der Waals surface area contributed by atoms with Crippen LogP contribution in [0.3, 0.4) is 0 Å². The van der Waals surface area contributed by atoms with Crippen LogP contribution in [0.1, 0.15) is 51.1 Å². The molecule has 1 fully saturated rings. The molecule has 0 radical (unpaired) electrons. The number of nitrogens with one attached hydrogen (secondary N) is 1. The number of halogens is 2. The second-order valence-electron chi connectivity index (χ2n) is 5.53. The molecule has 1 N–H and O–H groups in total. The van der Waals surface area contributed by atoms with Crippen LogP contribution in [0.4, 0.5) is 4.39 Å². The SMILES string of the molecule is CC1CCCC(NC(C)c2ccc(Cl)c(F)c2)C1. The summed E-state index contributed by atoms with van der Waals surface area (Å²) >= 11 is 5.70. The number of hydrogen-bond donors (Lipinski definition) is 1. The lowest BCUT2D eigenvalue weighted by Gasteiger charge is -2.30. The summed E-state index contributed by atoms with van der Waals surface area (Å²) < 4.78 is 13.4. The lowest BCUT2D eigenvalue weighted by molar-refractivity contribution is 0.285. The van der Waals surface area contributed by atoms with Crippen molar-refractivity contribution in [3.8, 4) is 0 Å². The minimum absolute atomic E-state index is 0.173. The molecule has 3 unspecified atom stereocenters. The highest BCUT2D eigenvalue weighted by molar-refractivity contribution is 6.30. The number of hydrogen-bond acceptors (Lipinski definition) is 1. The van der Waals surface area contributed by atoms with Gasteiger partial charge in [0.25, 0.3) is 0 Å². The Morgan fingerprint density at radius 1 is 1.39 bits per heavy atom. The van der Waals surface area contributed by atoms with Crippen molar-refractivity contribution in [2.75, 3.05) is 0 Å². The van der Waals surface area contributed by atoms with Crippen molar-refractivity contribution in [1.82, 2.24) is 5.32 Å². The fourth-order valence-electron chi connectivity index (χ4n) is 2.82. The molecule has 1 saturated carbocycles. The molecule has 3 heteroatoms. The van der Waals surface area contributed by atoms with Crippen molar-refractivity contribution in [1.29, 1.82) is 0 Å². The standard InChI is InChI=1S/C15H21ClFN/c1-10-4-3-5-13(8-10)18-11(2)12-6-7-14(16)15(17)9-12/h6-7,9-11,13,18H,3-5,8H2,1-2H3. The van der Waals surface area contributed by atoms with Crippen molar-refractivity contribution < 1.29 is 4.39 Å². The Morgan fingerprint density at radius 3 is 2.83 bits per heavy atom. The van der Waals surface area contributed by atoms with Gasteiger partial charge in [-0.15, -0.1) is 0 Å². The van der Waals surface area contributed by atoms with E-state index in [1.165, 1.54) is 31.7 Å². The third-order valence-corrected chi connectivity index (χ3v) is 4.17. The van der Waals surface area contributed by atoms with Crippen LogP contribution < -0.4 is 5.32 Å². The minimum Gasteiger partial charge on any atom is -0.307 e. The van der Waals surface area contributed by atoms with Crippen LogP contribution >= 0.6 is 11.6 Å². The summed E-state index contributed by atoms with van der Waals surface area (Å²) in [6, 6.07) is 5.80. The summed E-state index contributed by atoms with van der Waals surface area (Å²) in [5.41, 5.74) is 0.968. The molecule has 100 valence electrons. The maximum Gasteiger partial charge on any atom is 0.142 e. The highest BCUT2D eigenvalue weighted by Gasteiger charge is 2.20. The van der Waals surface area contributed by atoms with Gasteiger partial charge >= 0.3 is 0 Å². The van der Waals surface area contributed by atoms with Gasteiger partial charge in [0.15, 0.2) is 0 Å². The van der Waals surface area contributed by atoms with E-state index >= 15 is 0 Å². The van der Waals surface area contributed by atoms with E-state index in [-0.39, 0.29) is 16.9 Å². The van der Waals surface area contributed by atoms with Crippen LogP contribution in [0.25, 0.3) is 0 Å². The average molecular weight is 270 g/mol. The molecule has 1 aliphatic rings. The van der Waals surface area contributed by atoms with Gasteiger partial charge < -0.3 is 5.32 Å². The Kier molecular flexibility index (Phi) is 4.63. The first kappa shape index (κ1) is 13.8. The summed E-state index contributed by atoms with van der Waals surface area (Å²) in [4.78, 5) is 0. The molecule has 1 aromatic carbocycles. The zero-order valence-corrected chi connectivity index (χ0v) is 11.8. The lowest BCUT2D eigenvalue weighted by atomic mass is 9.86. The first-order valence-electron chi connectivity index (χ1n) is 6.77. The summed E-state index contributed by atoms with van der Waals surface area (Å²) in [6.07, 6.45) is 5.08. The van der Waals surface area contributed by atoms with E-state index < -0.39 is 0 Å². The Hall–Kier alpha value is -0.600. The van der Waals surface area contributed by atoms with Crippen molar-refractivity contribution in [2.45, 2.75) is 51.6 Å². The van der Waals surface area contributed by atoms with Crippen molar-refractivity contribution >= 4 is 11.6 Å². The Balaban J connectivity index is 1.98. The Morgan fingerprint density at radius 2 is 2.17 bits per heavy atom. The normalized spacial score (nSPS) is 26.0. The molecule has 1 nitrogen and oxygen atoms in total. The molecule has 1 aromatic rings. The highest BCUT2D eigenvalue weighted by Crippen LogP contribution is 2.26. The van der Waals surface area contributed by atoms with E-state index in [0.29, 0.717) is 6.04 Å². The van der Waals surface area contributed by atoms with Gasteiger partial charge in [0.2, 0.25) is 0 Å². The van der Waals surface area contributed by atoms with Crippen molar-refractivity contribution in [3.63, 3.8) is 0 Å². The fraction of sp³-hybridized carbons (Fsp3) is 0.600. The highest BCUT2D eigenvalue weighted by atomic mass is 35.5. The van der Waals surface area contributed by atoms with E-state index in [4.69, 9.17) is 11.6 Å². The van der Waals surface area contributed by atoms with Crippen LogP contribution in [0.2, 0.25) is 5.02 Å². The van der Waals surface area contributed by atoms with Crippen LogP contribution in [0.5, 0.6) is 0 Å². The summed E-state index contributed by atoms with van der Waals surface area (Å²) in [5.74, 6) is 0.463. The van der Waals surface area contributed by atoms with E-state index in [9.17, 15) is 4.39 Å². The topological polar surface area (TPSA) is 12.0 Å². The second-order valence-corrected chi connectivity index (χ2v) is 5.94. The largest absolute Gasteiger partial charge is 0.307 e. The van der Waals surface area contributed by atoms with Gasteiger partial charge in [-0.3, -0.25) is 0 Å². The molecule has 18 heavy (non-hydrogen) atoms. The minimum atomic E-state index is -0.333. The second kappa shape index (κ2) is 6.03. The summed E-state index contributed by atoms with van der Waals surface area (Å²) in [7, 11) is 0. The first-order valence-corrected chi connectivity index (χ1v) is 7.15. The zero-order valence-electron chi connectivity index (χ0n) is 11.0. The molecular weight excluding hydrogens is 249 g/mol. The van der Waals surface area contributed by atoms with Crippen LogP contribution in [0.15, 0.2) is 18.2 Å². The van der Waals surface area contributed by atoms with E-state index in [1.807, 2.05) is 6.07 Å². The zero-order chi connectivity index (χ0) is 13.1. The molecule has 1 aliphatic carbocycles. The lowest BCUT2D eigenvalue weighted by Crippen LogP contribution is -2.35. The molecule has 0 bridgehead atoms. The number of benzene rings is 1. The van der Waals surface area contributed by atoms with E-state index in [0.717, 1.165) is 11.5 Å². The average Bonchev–Trinajstić information content (AvgIpc) is 2.32. The van der Waals surface area contributed by atoms with E-state index in [1.54, 1.807) is 6.07 Å². The molecule has 3 atom stereocenters. The summed E-state index contributed by atoms with van der Waals surface area (Å²) in [5, 5.41) is 3.79. The van der Waals surface area contributed by atoms with Gasteiger partial charge in [-0.25, -0.2) is 4.39 Å². The van der Waals surface area contributed by atoms with Gasteiger partial charge in [-0.05, 0) is 43.4 Å². The molecule has 2 rings (SSSR count). The van der Waals surface area contributed by atoms with Gasteiger partial charge in [0.05, 0.1) is 5.02 Å². The smallest absolute Gasteiger partial charge is 0.142 e. The predicted octanol–water partition coefficient (Wildman–Crippen LogP) is 4.71. The van der Waals surface area contributed by atoms with Crippen molar-refractivity contribution in [3.05, 3.63) is 34.6 Å².